The number of hydrogen-bond donors (Lipinski definition) is 2. The summed E-state index contributed by atoms with van der Waals surface area (Å²) in [6.45, 7) is 4.22. The number of nitrogens with one attached hydrogen (secondary N) is 1. The van der Waals surface area contributed by atoms with Crippen LogP contribution in [0.2, 0.25) is 0 Å². The van der Waals surface area contributed by atoms with Gasteiger partial charge < -0.3 is 20.4 Å². The third-order valence-electron chi connectivity index (χ3n) is 3.08. The number of nitrogens with two attached hydrogens (primary N) is 1. The molecule has 0 spiro atoms. The molecule has 2 aromatic rings. The summed E-state index contributed by atoms with van der Waals surface area (Å²) in [4.78, 5) is 20.5. The molecule has 0 saturated heterocycles. The lowest BCUT2D eigenvalue weighted by Gasteiger charge is -2.24. The summed E-state index contributed by atoms with van der Waals surface area (Å²) in [7, 11) is 1.67. The number of nitrogen functional groups attached to an aromatic ring is 1. The number of ether oxygens (including phenoxy) is 1. The number of rotatable bonds is 5. The predicted molar refractivity (Wildman–Crippen MR) is 76.5 cm³/mol. The molecule has 2 rings (SSSR count). The SMILES string of the molecule is CCN(CCOC)c1cc2nc[nH]c(=O)c2cc1N. The first-order valence-corrected chi connectivity index (χ1v) is 6.18. The van der Waals surface area contributed by atoms with E-state index in [1.165, 1.54) is 6.33 Å². The smallest absolute Gasteiger partial charge is 0.258 e. The van der Waals surface area contributed by atoms with Gasteiger partial charge in [-0.15, -0.1) is 0 Å². The van der Waals surface area contributed by atoms with Crippen LogP contribution in [0.4, 0.5) is 11.4 Å². The Hall–Kier alpha value is -2.08. The van der Waals surface area contributed by atoms with Crippen molar-refractivity contribution in [3.8, 4) is 0 Å². The third kappa shape index (κ3) is 2.68. The standard InChI is InChI=1S/C13H18N4O2/c1-3-17(4-5-19-2)12-7-11-9(6-10(12)14)13(18)16-8-15-11/h6-8H,3-5,14H2,1-2H3,(H,15,16,18). The zero-order valence-electron chi connectivity index (χ0n) is 11.1. The molecule has 0 amide bonds. The quantitative estimate of drug-likeness (QED) is 0.785. The Kier molecular flexibility index (Phi) is 4.01. The number of aromatic amines is 1. The molecule has 0 saturated carbocycles. The minimum Gasteiger partial charge on any atom is -0.397 e. The number of methoxy groups -OCH3 is 1. The van der Waals surface area contributed by atoms with Crippen molar-refractivity contribution in [2.24, 2.45) is 0 Å². The lowest BCUT2D eigenvalue weighted by molar-refractivity contribution is 0.205. The van der Waals surface area contributed by atoms with Gasteiger partial charge in [-0.2, -0.15) is 0 Å². The minimum absolute atomic E-state index is 0.178. The Morgan fingerprint density at radius 3 is 2.95 bits per heavy atom. The van der Waals surface area contributed by atoms with Crippen molar-refractivity contribution in [3.63, 3.8) is 0 Å². The zero-order valence-corrected chi connectivity index (χ0v) is 11.1. The van der Waals surface area contributed by atoms with E-state index in [0.29, 0.717) is 23.2 Å². The second kappa shape index (κ2) is 5.71. The van der Waals surface area contributed by atoms with Crippen molar-refractivity contribution in [2.45, 2.75) is 6.92 Å². The number of benzene rings is 1. The van der Waals surface area contributed by atoms with Gasteiger partial charge in [-0.3, -0.25) is 4.79 Å². The van der Waals surface area contributed by atoms with Crippen LogP contribution in [0.5, 0.6) is 0 Å². The molecule has 0 aliphatic rings. The van der Waals surface area contributed by atoms with Crippen LogP contribution in [0.25, 0.3) is 10.9 Å². The Balaban J connectivity index is 2.48. The Morgan fingerprint density at radius 2 is 2.26 bits per heavy atom. The molecule has 0 aliphatic carbocycles. The van der Waals surface area contributed by atoms with E-state index in [1.54, 1.807) is 13.2 Å². The molecule has 6 heteroatoms. The van der Waals surface area contributed by atoms with E-state index in [-0.39, 0.29) is 5.56 Å². The van der Waals surface area contributed by atoms with Crippen LogP contribution in [-0.2, 0) is 4.74 Å². The van der Waals surface area contributed by atoms with Gasteiger partial charge in [0.1, 0.15) is 0 Å². The molecule has 0 bridgehead atoms. The summed E-state index contributed by atoms with van der Waals surface area (Å²) in [6, 6.07) is 3.52. The maximum Gasteiger partial charge on any atom is 0.258 e. The Morgan fingerprint density at radius 1 is 1.47 bits per heavy atom. The summed E-state index contributed by atoms with van der Waals surface area (Å²) in [5, 5.41) is 0.506. The molecule has 6 nitrogen and oxygen atoms in total. The molecule has 0 fully saturated rings. The summed E-state index contributed by atoms with van der Waals surface area (Å²) in [5.74, 6) is 0. The zero-order chi connectivity index (χ0) is 13.8. The van der Waals surface area contributed by atoms with Gasteiger partial charge in [-0.05, 0) is 19.1 Å². The highest BCUT2D eigenvalue weighted by molar-refractivity contribution is 5.88. The first-order valence-electron chi connectivity index (χ1n) is 6.18. The topological polar surface area (TPSA) is 84.2 Å². The average molecular weight is 262 g/mol. The third-order valence-corrected chi connectivity index (χ3v) is 3.08. The van der Waals surface area contributed by atoms with Gasteiger partial charge >= 0.3 is 0 Å². The number of H-pyrrole nitrogens is 1. The van der Waals surface area contributed by atoms with Crippen LogP contribution in [0.1, 0.15) is 6.92 Å². The summed E-state index contributed by atoms with van der Waals surface area (Å²) < 4.78 is 5.09. The predicted octanol–water partition coefficient (Wildman–Crippen LogP) is 0.978. The fourth-order valence-electron chi connectivity index (χ4n) is 2.05. The molecule has 1 heterocycles. The Bertz CT molecular complexity index is 624. The monoisotopic (exact) mass is 262 g/mol. The van der Waals surface area contributed by atoms with Crippen LogP contribution in [-0.4, -0.2) is 36.8 Å². The number of aromatic nitrogens is 2. The number of anilines is 2. The number of fused-ring (bicyclic) bond motifs is 1. The van der Waals surface area contributed by atoms with E-state index in [2.05, 4.69) is 14.9 Å². The second-order valence-electron chi connectivity index (χ2n) is 4.23. The molecule has 0 aliphatic heterocycles. The highest BCUT2D eigenvalue weighted by atomic mass is 16.5. The summed E-state index contributed by atoms with van der Waals surface area (Å²) in [5.41, 5.74) is 7.96. The van der Waals surface area contributed by atoms with Gasteiger partial charge in [-0.1, -0.05) is 0 Å². The normalized spacial score (nSPS) is 10.8. The first kappa shape index (κ1) is 13.4. The maximum atomic E-state index is 11.7. The van der Waals surface area contributed by atoms with E-state index in [9.17, 15) is 4.79 Å². The molecule has 102 valence electrons. The lowest BCUT2D eigenvalue weighted by Crippen LogP contribution is -2.27. The van der Waals surface area contributed by atoms with E-state index >= 15 is 0 Å². The summed E-state index contributed by atoms with van der Waals surface area (Å²) >= 11 is 0. The van der Waals surface area contributed by atoms with E-state index in [1.807, 2.05) is 13.0 Å². The van der Waals surface area contributed by atoms with Crippen LogP contribution in [0, 0.1) is 0 Å². The van der Waals surface area contributed by atoms with Crippen LogP contribution >= 0.6 is 0 Å². The Labute approximate surface area is 111 Å². The molecule has 3 N–H and O–H groups in total. The lowest BCUT2D eigenvalue weighted by atomic mass is 10.1. The first-order chi connectivity index (χ1) is 9.17. The van der Waals surface area contributed by atoms with Gasteiger partial charge in [0, 0.05) is 20.2 Å². The van der Waals surface area contributed by atoms with E-state index in [0.717, 1.165) is 18.8 Å². The molecule has 19 heavy (non-hydrogen) atoms. The van der Waals surface area contributed by atoms with Crippen LogP contribution in [0.3, 0.4) is 0 Å². The average Bonchev–Trinajstić information content (AvgIpc) is 2.41. The maximum absolute atomic E-state index is 11.7. The van der Waals surface area contributed by atoms with Crippen molar-refractivity contribution >= 4 is 22.3 Å². The van der Waals surface area contributed by atoms with Crippen molar-refractivity contribution in [1.29, 1.82) is 0 Å². The number of hydrogen-bond acceptors (Lipinski definition) is 5. The van der Waals surface area contributed by atoms with Crippen molar-refractivity contribution < 1.29 is 4.74 Å². The van der Waals surface area contributed by atoms with Gasteiger partial charge in [0.15, 0.2) is 0 Å². The van der Waals surface area contributed by atoms with Gasteiger partial charge in [0.2, 0.25) is 0 Å². The van der Waals surface area contributed by atoms with E-state index in [4.69, 9.17) is 10.5 Å². The van der Waals surface area contributed by atoms with Gasteiger partial charge in [0.25, 0.3) is 5.56 Å². The van der Waals surface area contributed by atoms with Crippen molar-refractivity contribution in [3.05, 3.63) is 28.8 Å². The fourth-order valence-corrected chi connectivity index (χ4v) is 2.05. The molecular weight excluding hydrogens is 244 g/mol. The molecule has 0 radical (unpaired) electrons. The number of likely N-dealkylation sites (N-methyl/N-ethyl adjacent to an activating group) is 1. The fraction of sp³-hybridized carbons (Fsp3) is 0.385. The van der Waals surface area contributed by atoms with Gasteiger partial charge in [0.05, 0.1) is 35.2 Å². The van der Waals surface area contributed by atoms with Crippen LogP contribution < -0.4 is 16.2 Å². The number of nitrogens with zero attached hydrogens (tertiary/aromatic N) is 2. The molecule has 1 aromatic heterocycles. The van der Waals surface area contributed by atoms with E-state index < -0.39 is 0 Å². The highest BCUT2D eigenvalue weighted by Crippen LogP contribution is 2.26. The molecule has 0 unspecified atom stereocenters. The van der Waals surface area contributed by atoms with Crippen molar-refractivity contribution in [2.75, 3.05) is 37.4 Å². The van der Waals surface area contributed by atoms with Crippen molar-refractivity contribution in [1.82, 2.24) is 9.97 Å². The minimum atomic E-state index is -0.178. The molecule has 1 aromatic carbocycles. The summed E-state index contributed by atoms with van der Waals surface area (Å²) in [6.07, 6.45) is 1.40. The molecular formula is C13H18N4O2. The van der Waals surface area contributed by atoms with Crippen LogP contribution in [0.15, 0.2) is 23.3 Å². The largest absolute Gasteiger partial charge is 0.397 e. The van der Waals surface area contributed by atoms with Gasteiger partial charge in [-0.25, -0.2) is 4.98 Å². The second-order valence-corrected chi connectivity index (χ2v) is 4.23. The molecule has 0 atom stereocenters. The highest BCUT2D eigenvalue weighted by Gasteiger charge is 2.11.